The Bertz CT molecular complexity index is 440. The van der Waals surface area contributed by atoms with Gasteiger partial charge < -0.3 is 4.98 Å². The molecule has 1 aliphatic rings. The second-order valence-electron chi connectivity index (χ2n) is 3.27. The zero-order valence-electron chi connectivity index (χ0n) is 7.00. The summed E-state index contributed by atoms with van der Waals surface area (Å²) < 4.78 is 0. The largest absolute Gasteiger partial charge is 0.325 e. The van der Waals surface area contributed by atoms with E-state index in [0.717, 1.165) is 18.5 Å². The third-order valence-electron chi connectivity index (χ3n) is 2.21. The van der Waals surface area contributed by atoms with E-state index in [-0.39, 0.29) is 11.1 Å². The average Bonchev–Trinajstić information content (AvgIpc) is 2.91. The molecule has 1 aromatic rings. The maximum absolute atomic E-state index is 11.2. The molecule has 4 heteroatoms. The summed E-state index contributed by atoms with van der Waals surface area (Å²) >= 11 is 0. The summed E-state index contributed by atoms with van der Waals surface area (Å²) in [6, 6.07) is 3.25. The van der Waals surface area contributed by atoms with E-state index < -0.39 is 0 Å². The lowest BCUT2D eigenvalue weighted by Gasteiger charge is -2.03. The molecule has 13 heavy (non-hydrogen) atoms. The number of hydrogen-bond donors (Lipinski definition) is 1. The van der Waals surface area contributed by atoms with E-state index in [9.17, 15) is 4.79 Å². The number of rotatable bonds is 1. The minimum atomic E-state index is -0.335. The Morgan fingerprint density at radius 2 is 2.31 bits per heavy atom. The molecule has 1 aliphatic carbocycles. The van der Waals surface area contributed by atoms with Gasteiger partial charge in [0.05, 0.1) is 0 Å². The van der Waals surface area contributed by atoms with Crippen LogP contribution in [0, 0.1) is 11.3 Å². The number of aromatic amines is 1. The number of aromatic nitrogens is 1. The highest BCUT2D eigenvalue weighted by Crippen LogP contribution is 2.37. The molecular formula is C9H7BN2O. The molecule has 0 saturated heterocycles. The third kappa shape index (κ3) is 1.38. The molecular weight excluding hydrogens is 163 g/mol. The quantitative estimate of drug-likeness (QED) is 0.599. The minimum Gasteiger partial charge on any atom is -0.325 e. The number of nitrogens with zero attached hydrogens (tertiary/aromatic N) is 1. The monoisotopic (exact) mass is 170 g/mol. The van der Waals surface area contributed by atoms with Crippen LogP contribution in [0.15, 0.2) is 10.9 Å². The van der Waals surface area contributed by atoms with Crippen LogP contribution in [0.1, 0.15) is 30.0 Å². The molecule has 0 bridgehead atoms. The van der Waals surface area contributed by atoms with Gasteiger partial charge in [0.1, 0.15) is 19.5 Å². The van der Waals surface area contributed by atoms with Crippen molar-refractivity contribution >= 4 is 13.3 Å². The van der Waals surface area contributed by atoms with Crippen molar-refractivity contribution in [3.8, 4) is 6.07 Å². The van der Waals surface area contributed by atoms with Gasteiger partial charge in [-0.1, -0.05) is 5.46 Å². The molecule has 1 aromatic heterocycles. The van der Waals surface area contributed by atoms with Crippen LogP contribution in [0.4, 0.5) is 0 Å². The molecule has 0 unspecified atom stereocenters. The van der Waals surface area contributed by atoms with E-state index >= 15 is 0 Å². The van der Waals surface area contributed by atoms with Gasteiger partial charge in [-0.25, -0.2) is 0 Å². The Kier molecular flexibility index (Phi) is 1.73. The lowest BCUT2D eigenvalue weighted by molar-refractivity contribution is 1.01. The summed E-state index contributed by atoms with van der Waals surface area (Å²) in [5.74, 6) is 0.403. The Hall–Kier alpha value is -1.50. The van der Waals surface area contributed by atoms with Gasteiger partial charge in [0.2, 0.25) is 0 Å². The van der Waals surface area contributed by atoms with E-state index in [1.165, 1.54) is 6.07 Å². The zero-order valence-corrected chi connectivity index (χ0v) is 7.00. The molecule has 0 amide bonds. The first-order valence-electron chi connectivity index (χ1n) is 4.15. The topological polar surface area (TPSA) is 56.6 Å². The van der Waals surface area contributed by atoms with Crippen LogP contribution in [0.5, 0.6) is 0 Å². The van der Waals surface area contributed by atoms with Crippen LogP contribution in [0.2, 0.25) is 0 Å². The first-order chi connectivity index (χ1) is 6.22. The fourth-order valence-corrected chi connectivity index (χ4v) is 1.35. The standard InChI is InChI=1S/C9H7BN2O/c10-7-3-6(4-11)9(13)12-8(7)5-1-2-5/h3,5H,1-2H2,(H,12,13). The molecule has 1 heterocycles. The van der Waals surface area contributed by atoms with Crippen molar-refractivity contribution in [3.05, 3.63) is 27.7 Å². The van der Waals surface area contributed by atoms with Crippen LogP contribution in [-0.2, 0) is 0 Å². The van der Waals surface area contributed by atoms with Crippen molar-refractivity contribution < 1.29 is 0 Å². The summed E-state index contributed by atoms with van der Waals surface area (Å²) in [6.07, 6.45) is 2.15. The van der Waals surface area contributed by atoms with Crippen LogP contribution >= 0.6 is 0 Å². The highest BCUT2D eigenvalue weighted by Gasteiger charge is 2.26. The van der Waals surface area contributed by atoms with Crippen molar-refractivity contribution in [2.75, 3.05) is 0 Å². The summed E-state index contributed by atoms with van der Waals surface area (Å²) in [5.41, 5.74) is 1.07. The smallest absolute Gasteiger partial charge is 0.266 e. The molecule has 2 radical (unpaired) electrons. The van der Waals surface area contributed by atoms with Crippen LogP contribution < -0.4 is 11.0 Å². The van der Waals surface area contributed by atoms with Gasteiger partial charge in [0.25, 0.3) is 5.56 Å². The van der Waals surface area contributed by atoms with Crippen LogP contribution in [0.3, 0.4) is 0 Å². The minimum absolute atomic E-state index is 0.0851. The summed E-state index contributed by atoms with van der Waals surface area (Å²) in [6.45, 7) is 0. The summed E-state index contributed by atoms with van der Waals surface area (Å²) in [7, 11) is 5.69. The number of pyridine rings is 1. The highest BCUT2D eigenvalue weighted by atomic mass is 16.1. The van der Waals surface area contributed by atoms with Gasteiger partial charge >= 0.3 is 0 Å². The maximum atomic E-state index is 11.2. The average molecular weight is 170 g/mol. The van der Waals surface area contributed by atoms with Crippen molar-refractivity contribution in [1.82, 2.24) is 4.98 Å². The first-order valence-corrected chi connectivity index (χ1v) is 4.15. The van der Waals surface area contributed by atoms with Crippen molar-refractivity contribution in [3.63, 3.8) is 0 Å². The third-order valence-corrected chi connectivity index (χ3v) is 2.21. The van der Waals surface area contributed by atoms with E-state index in [2.05, 4.69) is 4.98 Å². The number of nitrogens with one attached hydrogen (secondary N) is 1. The lowest BCUT2D eigenvalue weighted by atomic mass is 9.91. The van der Waals surface area contributed by atoms with Gasteiger partial charge in [0, 0.05) is 5.69 Å². The molecule has 3 nitrogen and oxygen atoms in total. The van der Waals surface area contributed by atoms with Crippen molar-refractivity contribution in [1.29, 1.82) is 5.26 Å². The fraction of sp³-hybridized carbons (Fsp3) is 0.333. The number of H-pyrrole nitrogens is 1. The van der Waals surface area contributed by atoms with Gasteiger partial charge in [-0.3, -0.25) is 4.79 Å². The molecule has 62 valence electrons. The molecule has 2 rings (SSSR count). The lowest BCUT2D eigenvalue weighted by Crippen LogP contribution is -2.22. The Morgan fingerprint density at radius 1 is 1.62 bits per heavy atom. The van der Waals surface area contributed by atoms with Gasteiger partial charge in [-0.05, 0) is 24.8 Å². The van der Waals surface area contributed by atoms with E-state index in [0.29, 0.717) is 11.4 Å². The van der Waals surface area contributed by atoms with E-state index in [4.69, 9.17) is 13.1 Å². The first kappa shape index (κ1) is 8.12. The Balaban J connectivity index is 2.57. The second-order valence-corrected chi connectivity index (χ2v) is 3.27. The van der Waals surface area contributed by atoms with E-state index in [1.54, 1.807) is 6.07 Å². The summed E-state index contributed by atoms with van der Waals surface area (Å²) in [5, 5.41) is 8.56. The molecule has 1 fully saturated rings. The SMILES string of the molecule is [B]c1cc(C#N)c(=O)[nH]c1C1CC1. The van der Waals surface area contributed by atoms with Crippen LogP contribution in [-0.4, -0.2) is 12.8 Å². The maximum Gasteiger partial charge on any atom is 0.266 e. The van der Waals surface area contributed by atoms with Gasteiger partial charge in [0.15, 0.2) is 0 Å². The Labute approximate surface area is 76.8 Å². The molecule has 0 aliphatic heterocycles. The fourth-order valence-electron chi connectivity index (χ4n) is 1.35. The number of hydrogen-bond acceptors (Lipinski definition) is 2. The molecule has 0 spiro atoms. The molecule has 0 atom stereocenters. The molecule has 1 N–H and O–H groups in total. The predicted octanol–water partition coefficient (Wildman–Crippen LogP) is -0.0822. The predicted molar refractivity (Wildman–Crippen MR) is 49.1 cm³/mol. The second kappa shape index (κ2) is 2.77. The van der Waals surface area contributed by atoms with E-state index in [1.807, 2.05) is 0 Å². The van der Waals surface area contributed by atoms with Crippen LogP contribution in [0.25, 0.3) is 0 Å². The van der Waals surface area contributed by atoms with Crippen molar-refractivity contribution in [2.45, 2.75) is 18.8 Å². The number of nitriles is 1. The van der Waals surface area contributed by atoms with Gasteiger partial charge in [-0.15, -0.1) is 0 Å². The Morgan fingerprint density at radius 3 is 2.85 bits per heavy atom. The van der Waals surface area contributed by atoms with Crippen molar-refractivity contribution in [2.24, 2.45) is 0 Å². The van der Waals surface area contributed by atoms with Gasteiger partial charge in [-0.2, -0.15) is 5.26 Å². The molecule has 0 aromatic carbocycles. The normalized spacial score (nSPS) is 15.3. The molecule has 1 saturated carbocycles. The summed E-state index contributed by atoms with van der Waals surface area (Å²) in [4.78, 5) is 13.9. The highest BCUT2D eigenvalue weighted by molar-refractivity contribution is 6.33. The zero-order chi connectivity index (χ0) is 9.42.